The monoisotopic (exact) mass is 296 g/mol. The predicted molar refractivity (Wildman–Crippen MR) is 91.9 cm³/mol. The van der Waals surface area contributed by atoms with Gasteiger partial charge in [0.25, 0.3) is 0 Å². The van der Waals surface area contributed by atoms with Gasteiger partial charge in [0.2, 0.25) is 5.91 Å². The molecule has 1 amide bonds. The molecule has 1 atom stereocenters. The van der Waals surface area contributed by atoms with Crippen molar-refractivity contribution in [2.24, 2.45) is 5.73 Å². The van der Waals surface area contributed by atoms with Crippen molar-refractivity contribution in [1.82, 2.24) is 0 Å². The van der Waals surface area contributed by atoms with Gasteiger partial charge in [-0.1, -0.05) is 56.3 Å². The molecule has 0 aliphatic rings. The highest BCUT2D eigenvalue weighted by Crippen LogP contribution is 2.22. The summed E-state index contributed by atoms with van der Waals surface area (Å²) in [6.07, 6.45) is 0.298. The molecule has 0 heterocycles. The second kappa shape index (κ2) is 7.23. The molecule has 22 heavy (non-hydrogen) atoms. The molecule has 0 aliphatic carbocycles. The first-order valence-electron chi connectivity index (χ1n) is 7.66. The van der Waals surface area contributed by atoms with Crippen LogP contribution >= 0.6 is 0 Å². The lowest BCUT2D eigenvalue weighted by molar-refractivity contribution is -0.118. The highest BCUT2D eigenvalue weighted by atomic mass is 16.2. The normalized spacial score (nSPS) is 12.2. The fourth-order valence-corrected chi connectivity index (χ4v) is 2.38. The Labute approximate surface area is 132 Å². The molecule has 0 fully saturated rings. The van der Waals surface area contributed by atoms with Crippen LogP contribution in [0.5, 0.6) is 0 Å². The van der Waals surface area contributed by atoms with Gasteiger partial charge in [-0.15, -0.1) is 0 Å². The van der Waals surface area contributed by atoms with Crippen LogP contribution in [0.3, 0.4) is 0 Å². The summed E-state index contributed by atoms with van der Waals surface area (Å²) in [5.41, 5.74) is 9.27. The van der Waals surface area contributed by atoms with E-state index >= 15 is 0 Å². The summed E-state index contributed by atoms with van der Waals surface area (Å²) in [6, 6.07) is 17.6. The molecule has 2 aromatic rings. The molecule has 0 aromatic heterocycles. The van der Waals surface area contributed by atoms with Gasteiger partial charge in [0, 0.05) is 25.2 Å². The minimum Gasteiger partial charge on any atom is -0.324 e. The number of hydrogen-bond acceptors (Lipinski definition) is 2. The standard InChI is InChI=1S/C19H24N2O/c1-14(2)16-10-7-11-17(12-16)21(3)19(22)13-18(20)15-8-5-4-6-9-15/h4-12,14,18H,13,20H2,1-3H3. The lowest BCUT2D eigenvalue weighted by Crippen LogP contribution is -2.29. The number of hydrogen-bond donors (Lipinski definition) is 1. The van der Waals surface area contributed by atoms with Gasteiger partial charge in [0.05, 0.1) is 0 Å². The van der Waals surface area contributed by atoms with E-state index in [0.29, 0.717) is 12.3 Å². The zero-order chi connectivity index (χ0) is 16.1. The molecule has 1 unspecified atom stereocenters. The third-order valence-electron chi connectivity index (χ3n) is 3.92. The molecule has 0 bridgehead atoms. The largest absolute Gasteiger partial charge is 0.324 e. The molecule has 116 valence electrons. The predicted octanol–water partition coefficient (Wildman–Crippen LogP) is 3.86. The first-order valence-corrected chi connectivity index (χ1v) is 7.66. The van der Waals surface area contributed by atoms with Gasteiger partial charge in [-0.2, -0.15) is 0 Å². The van der Waals surface area contributed by atoms with Crippen molar-refractivity contribution in [1.29, 1.82) is 0 Å². The first-order chi connectivity index (χ1) is 10.5. The van der Waals surface area contributed by atoms with Crippen LogP contribution < -0.4 is 10.6 Å². The average molecular weight is 296 g/mol. The summed E-state index contributed by atoms with van der Waals surface area (Å²) in [4.78, 5) is 14.1. The molecular formula is C19H24N2O. The van der Waals surface area contributed by atoms with Crippen molar-refractivity contribution in [2.75, 3.05) is 11.9 Å². The Bertz CT molecular complexity index is 622. The number of nitrogens with zero attached hydrogens (tertiary/aromatic N) is 1. The van der Waals surface area contributed by atoms with Gasteiger partial charge >= 0.3 is 0 Å². The van der Waals surface area contributed by atoms with Gasteiger partial charge in [-0.25, -0.2) is 0 Å². The number of benzene rings is 2. The van der Waals surface area contributed by atoms with E-state index in [1.54, 1.807) is 11.9 Å². The van der Waals surface area contributed by atoms with Crippen LogP contribution in [0, 0.1) is 0 Å². The number of rotatable bonds is 5. The van der Waals surface area contributed by atoms with Gasteiger partial charge in [0.1, 0.15) is 0 Å². The zero-order valence-electron chi connectivity index (χ0n) is 13.5. The summed E-state index contributed by atoms with van der Waals surface area (Å²) in [7, 11) is 1.81. The van der Waals surface area contributed by atoms with Crippen LogP contribution in [0.1, 0.15) is 43.4 Å². The van der Waals surface area contributed by atoms with E-state index in [9.17, 15) is 4.79 Å². The van der Waals surface area contributed by atoms with Gasteiger partial charge < -0.3 is 10.6 Å². The van der Waals surface area contributed by atoms with E-state index in [4.69, 9.17) is 5.73 Å². The topological polar surface area (TPSA) is 46.3 Å². The second-order valence-corrected chi connectivity index (χ2v) is 5.92. The fourth-order valence-electron chi connectivity index (χ4n) is 2.38. The molecule has 2 rings (SSSR count). The van der Waals surface area contributed by atoms with Crippen LogP contribution in [0.4, 0.5) is 5.69 Å². The Morgan fingerprint density at radius 1 is 1.05 bits per heavy atom. The maximum Gasteiger partial charge on any atom is 0.228 e. The molecule has 0 saturated heterocycles. The van der Waals surface area contributed by atoms with Gasteiger partial charge in [-0.05, 0) is 29.2 Å². The average Bonchev–Trinajstić information content (AvgIpc) is 2.54. The minimum absolute atomic E-state index is 0.0252. The zero-order valence-corrected chi connectivity index (χ0v) is 13.5. The molecule has 3 nitrogen and oxygen atoms in total. The van der Waals surface area contributed by atoms with E-state index in [-0.39, 0.29) is 11.9 Å². The summed E-state index contributed by atoms with van der Waals surface area (Å²) in [6.45, 7) is 4.29. The lowest BCUT2D eigenvalue weighted by atomic mass is 10.0. The Balaban J connectivity index is 2.07. The van der Waals surface area contributed by atoms with Crippen molar-refractivity contribution >= 4 is 11.6 Å². The summed E-state index contributed by atoms with van der Waals surface area (Å²) in [5.74, 6) is 0.465. The van der Waals surface area contributed by atoms with E-state index in [1.165, 1.54) is 5.56 Å². The van der Waals surface area contributed by atoms with Crippen molar-refractivity contribution < 1.29 is 4.79 Å². The first kappa shape index (κ1) is 16.2. The number of nitrogens with two attached hydrogens (primary N) is 1. The quantitative estimate of drug-likeness (QED) is 0.910. The molecular weight excluding hydrogens is 272 g/mol. The van der Waals surface area contributed by atoms with Crippen molar-refractivity contribution in [3.63, 3.8) is 0 Å². The third kappa shape index (κ3) is 3.95. The van der Waals surface area contributed by atoms with Crippen molar-refractivity contribution in [3.05, 3.63) is 65.7 Å². The van der Waals surface area contributed by atoms with E-state index in [0.717, 1.165) is 11.3 Å². The van der Waals surface area contributed by atoms with E-state index in [1.807, 2.05) is 42.5 Å². The highest BCUT2D eigenvalue weighted by Gasteiger charge is 2.16. The van der Waals surface area contributed by atoms with Crippen LogP contribution in [0.2, 0.25) is 0 Å². The molecule has 2 aromatic carbocycles. The smallest absolute Gasteiger partial charge is 0.228 e. The van der Waals surface area contributed by atoms with Gasteiger partial charge in [-0.3, -0.25) is 4.79 Å². The van der Waals surface area contributed by atoms with Crippen molar-refractivity contribution in [3.8, 4) is 0 Å². The Morgan fingerprint density at radius 3 is 2.32 bits per heavy atom. The van der Waals surface area contributed by atoms with E-state index < -0.39 is 0 Å². The van der Waals surface area contributed by atoms with E-state index in [2.05, 4.69) is 26.0 Å². The van der Waals surface area contributed by atoms with Gasteiger partial charge in [0.15, 0.2) is 0 Å². The van der Waals surface area contributed by atoms with Crippen LogP contribution in [-0.4, -0.2) is 13.0 Å². The number of amides is 1. The van der Waals surface area contributed by atoms with Crippen LogP contribution in [0.25, 0.3) is 0 Å². The third-order valence-corrected chi connectivity index (χ3v) is 3.92. The maximum atomic E-state index is 12.5. The van der Waals surface area contributed by atoms with Crippen LogP contribution in [-0.2, 0) is 4.79 Å². The van der Waals surface area contributed by atoms with Crippen molar-refractivity contribution in [2.45, 2.75) is 32.2 Å². The molecule has 2 N–H and O–H groups in total. The number of anilines is 1. The summed E-state index contributed by atoms with van der Waals surface area (Å²) >= 11 is 0. The summed E-state index contributed by atoms with van der Waals surface area (Å²) in [5, 5.41) is 0. The lowest BCUT2D eigenvalue weighted by Gasteiger charge is -2.21. The van der Waals surface area contributed by atoms with Crippen LogP contribution in [0.15, 0.2) is 54.6 Å². The molecule has 0 spiro atoms. The summed E-state index contributed by atoms with van der Waals surface area (Å²) < 4.78 is 0. The number of carbonyl (C=O) groups excluding carboxylic acids is 1. The maximum absolute atomic E-state index is 12.5. The minimum atomic E-state index is -0.274. The molecule has 0 radical (unpaired) electrons. The molecule has 0 saturated carbocycles. The highest BCUT2D eigenvalue weighted by molar-refractivity contribution is 5.93. The molecule has 0 aliphatic heterocycles. The Kier molecular flexibility index (Phi) is 5.34. The molecule has 3 heteroatoms. The number of carbonyl (C=O) groups is 1. The fraction of sp³-hybridized carbons (Fsp3) is 0.316. The Hall–Kier alpha value is -2.13. The SMILES string of the molecule is CC(C)c1cccc(N(C)C(=O)CC(N)c2ccccc2)c1. The Morgan fingerprint density at radius 2 is 1.68 bits per heavy atom. The second-order valence-electron chi connectivity index (χ2n) is 5.92.